The summed E-state index contributed by atoms with van der Waals surface area (Å²) in [6.45, 7) is 2.42. The minimum atomic E-state index is -4.38. The molecule has 0 radical (unpaired) electrons. The molecule has 0 bridgehead atoms. The number of morpholine rings is 1. The SMILES string of the molecule is O=S(=O)(c1ccc(N2CCOC(c3ccc(C(F)(F)F)cc3)C2)nc1)N1CCCC1. The molecule has 1 unspecified atom stereocenters. The van der Waals surface area contributed by atoms with Crippen LogP contribution in [0.1, 0.15) is 30.1 Å². The highest BCUT2D eigenvalue weighted by Gasteiger charge is 2.31. The van der Waals surface area contributed by atoms with Gasteiger partial charge < -0.3 is 9.64 Å². The van der Waals surface area contributed by atoms with Crippen LogP contribution in [-0.4, -0.2) is 50.5 Å². The largest absolute Gasteiger partial charge is 0.416 e. The first-order valence-corrected chi connectivity index (χ1v) is 11.2. The van der Waals surface area contributed by atoms with Crippen molar-refractivity contribution >= 4 is 15.8 Å². The smallest absolute Gasteiger partial charge is 0.370 e. The van der Waals surface area contributed by atoms with E-state index in [1.165, 1.54) is 22.6 Å². The van der Waals surface area contributed by atoms with Crippen molar-refractivity contribution < 1.29 is 26.3 Å². The molecule has 0 amide bonds. The zero-order valence-electron chi connectivity index (χ0n) is 16.2. The molecule has 0 saturated carbocycles. The fraction of sp³-hybridized carbons (Fsp3) is 0.450. The third-order valence-corrected chi connectivity index (χ3v) is 7.31. The standard InChI is InChI=1S/C20H22F3N3O3S/c21-20(22,23)16-5-3-15(4-6-16)18-14-25(11-12-29-18)19-8-7-17(13-24-19)30(27,28)26-9-1-2-10-26/h3-8,13,18H,1-2,9-12,14H2. The molecule has 2 aromatic rings. The van der Waals surface area contributed by atoms with E-state index in [2.05, 4.69) is 4.98 Å². The Kier molecular flexibility index (Phi) is 5.73. The summed E-state index contributed by atoms with van der Waals surface area (Å²) in [6, 6.07) is 8.17. The van der Waals surface area contributed by atoms with Gasteiger partial charge in [0.25, 0.3) is 0 Å². The number of anilines is 1. The van der Waals surface area contributed by atoms with Gasteiger partial charge in [0.15, 0.2) is 0 Å². The summed E-state index contributed by atoms with van der Waals surface area (Å²) in [4.78, 5) is 6.44. The Balaban J connectivity index is 1.47. The van der Waals surface area contributed by atoms with Crippen molar-refractivity contribution in [2.75, 3.05) is 37.7 Å². The number of benzene rings is 1. The number of sulfonamides is 1. The number of aromatic nitrogens is 1. The number of ether oxygens (including phenoxy) is 1. The molecule has 162 valence electrons. The maximum Gasteiger partial charge on any atom is 0.416 e. The predicted octanol–water partition coefficient (Wildman–Crippen LogP) is 3.46. The third kappa shape index (κ3) is 4.30. The van der Waals surface area contributed by atoms with Crippen LogP contribution in [0.2, 0.25) is 0 Å². The molecular weight excluding hydrogens is 419 g/mol. The average molecular weight is 441 g/mol. The lowest BCUT2D eigenvalue weighted by molar-refractivity contribution is -0.137. The summed E-state index contributed by atoms with van der Waals surface area (Å²) < 4.78 is 70.8. The molecule has 4 rings (SSSR count). The van der Waals surface area contributed by atoms with Gasteiger partial charge in [0.1, 0.15) is 16.8 Å². The van der Waals surface area contributed by atoms with Crippen molar-refractivity contribution in [1.29, 1.82) is 0 Å². The van der Waals surface area contributed by atoms with E-state index in [0.717, 1.165) is 25.0 Å². The molecule has 1 aromatic carbocycles. The average Bonchev–Trinajstić information content (AvgIpc) is 3.29. The first-order chi connectivity index (χ1) is 14.2. The molecule has 6 nitrogen and oxygen atoms in total. The van der Waals surface area contributed by atoms with Gasteiger partial charge in [-0.3, -0.25) is 0 Å². The van der Waals surface area contributed by atoms with Gasteiger partial charge >= 0.3 is 6.18 Å². The van der Waals surface area contributed by atoms with Gasteiger partial charge in [-0.1, -0.05) is 12.1 Å². The summed E-state index contributed by atoms with van der Waals surface area (Å²) in [5.74, 6) is 0.607. The Labute approximate surface area is 173 Å². The number of halogens is 3. The minimum Gasteiger partial charge on any atom is -0.370 e. The van der Waals surface area contributed by atoms with E-state index in [9.17, 15) is 21.6 Å². The third-order valence-electron chi connectivity index (χ3n) is 5.42. The molecule has 0 aliphatic carbocycles. The van der Waals surface area contributed by atoms with Crippen LogP contribution < -0.4 is 4.90 Å². The molecule has 0 spiro atoms. The summed E-state index contributed by atoms with van der Waals surface area (Å²) >= 11 is 0. The Morgan fingerprint density at radius 3 is 2.30 bits per heavy atom. The van der Waals surface area contributed by atoms with E-state index in [4.69, 9.17) is 4.74 Å². The lowest BCUT2D eigenvalue weighted by atomic mass is 10.1. The van der Waals surface area contributed by atoms with Crippen LogP contribution >= 0.6 is 0 Å². The highest BCUT2D eigenvalue weighted by Crippen LogP contribution is 2.32. The molecule has 30 heavy (non-hydrogen) atoms. The summed E-state index contributed by atoms with van der Waals surface area (Å²) in [7, 11) is -3.52. The van der Waals surface area contributed by atoms with Crippen molar-refractivity contribution in [1.82, 2.24) is 9.29 Å². The van der Waals surface area contributed by atoms with Gasteiger partial charge in [-0.05, 0) is 42.7 Å². The number of hydrogen-bond donors (Lipinski definition) is 0. The van der Waals surface area contributed by atoms with E-state index in [0.29, 0.717) is 44.2 Å². The number of pyridine rings is 1. The second-order valence-corrected chi connectivity index (χ2v) is 9.33. The molecule has 3 heterocycles. The Morgan fingerprint density at radius 2 is 1.70 bits per heavy atom. The normalized spacial score (nSPS) is 21.2. The molecule has 2 aliphatic heterocycles. The monoisotopic (exact) mass is 441 g/mol. The number of hydrogen-bond acceptors (Lipinski definition) is 5. The van der Waals surface area contributed by atoms with E-state index < -0.39 is 27.9 Å². The molecule has 2 fully saturated rings. The second-order valence-electron chi connectivity index (χ2n) is 7.39. The first-order valence-electron chi connectivity index (χ1n) is 9.75. The van der Waals surface area contributed by atoms with Crippen LogP contribution in [0.3, 0.4) is 0 Å². The maximum atomic E-state index is 12.8. The number of alkyl halides is 3. The van der Waals surface area contributed by atoms with E-state index >= 15 is 0 Å². The fourth-order valence-electron chi connectivity index (χ4n) is 3.74. The molecule has 1 aromatic heterocycles. The van der Waals surface area contributed by atoms with Gasteiger partial charge in [-0.25, -0.2) is 13.4 Å². The Hall–Kier alpha value is -2.17. The van der Waals surface area contributed by atoms with Gasteiger partial charge in [0, 0.05) is 32.4 Å². The quantitative estimate of drug-likeness (QED) is 0.727. The van der Waals surface area contributed by atoms with Gasteiger partial charge in [0.2, 0.25) is 10.0 Å². The molecule has 10 heteroatoms. The van der Waals surface area contributed by atoms with Crippen molar-refractivity contribution in [2.24, 2.45) is 0 Å². The first kappa shape index (κ1) is 21.1. The number of nitrogens with zero attached hydrogens (tertiary/aromatic N) is 3. The van der Waals surface area contributed by atoms with Crippen LogP contribution in [0.4, 0.5) is 19.0 Å². The lowest BCUT2D eigenvalue weighted by Crippen LogP contribution is -2.39. The van der Waals surface area contributed by atoms with Crippen LogP contribution in [0.5, 0.6) is 0 Å². The maximum absolute atomic E-state index is 12.8. The van der Waals surface area contributed by atoms with Crippen molar-refractivity contribution in [2.45, 2.75) is 30.0 Å². The zero-order chi connectivity index (χ0) is 21.4. The van der Waals surface area contributed by atoms with E-state index in [1.54, 1.807) is 12.1 Å². The molecule has 0 N–H and O–H groups in total. The van der Waals surface area contributed by atoms with Crippen molar-refractivity contribution in [3.8, 4) is 0 Å². The fourth-order valence-corrected chi connectivity index (χ4v) is 5.20. The van der Waals surface area contributed by atoms with Crippen LogP contribution in [0.25, 0.3) is 0 Å². The molecule has 1 atom stereocenters. The summed E-state index contributed by atoms with van der Waals surface area (Å²) in [5, 5.41) is 0. The highest BCUT2D eigenvalue weighted by molar-refractivity contribution is 7.89. The zero-order valence-corrected chi connectivity index (χ0v) is 17.0. The molecule has 2 aliphatic rings. The minimum absolute atomic E-state index is 0.167. The Bertz CT molecular complexity index is 973. The van der Waals surface area contributed by atoms with Crippen molar-refractivity contribution in [3.63, 3.8) is 0 Å². The number of rotatable bonds is 4. The Morgan fingerprint density at radius 1 is 1.00 bits per heavy atom. The highest BCUT2D eigenvalue weighted by atomic mass is 32.2. The van der Waals surface area contributed by atoms with Gasteiger partial charge in [-0.2, -0.15) is 17.5 Å². The van der Waals surface area contributed by atoms with Gasteiger partial charge in [0.05, 0.1) is 12.2 Å². The van der Waals surface area contributed by atoms with E-state index in [1.807, 2.05) is 4.90 Å². The summed E-state index contributed by atoms with van der Waals surface area (Å²) in [5.41, 5.74) is -0.0451. The molecular formula is C20H22F3N3O3S. The van der Waals surface area contributed by atoms with Crippen LogP contribution in [0.15, 0.2) is 47.5 Å². The summed E-state index contributed by atoms with van der Waals surface area (Å²) in [6.07, 6.45) is -1.67. The predicted molar refractivity (Wildman–Crippen MR) is 105 cm³/mol. The second kappa shape index (κ2) is 8.16. The topological polar surface area (TPSA) is 62.7 Å². The van der Waals surface area contributed by atoms with Crippen LogP contribution in [-0.2, 0) is 20.9 Å². The lowest BCUT2D eigenvalue weighted by Gasteiger charge is -2.34. The van der Waals surface area contributed by atoms with Gasteiger partial charge in [-0.15, -0.1) is 0 Å². The van der Waals surface area contributed by atoms with Crippen molar-refractivity contribution in [3.05, 3.63) is 53.7 Å². The van der Waals surface area contributed by atoms with E-state index in [-0.39, 0.29) is 4.90 Å². The molecule has 2 saturated heterocycles. The van der Waals surface area contributed by atoms with Crippen LogP contribution in [0, 0.1) is 0 Å².